The molecule has 1 rings (SSSR count). The summed E-state index contributed by atoms with van der Waals surface area (Å²) in [6.07, 6.45) is -3.35. The van der Waals surface area contributed by atoms with Crippen LogP contribution in [-0.2, 0) is 4.79 Å². The molecule has 106 valence electrons. The third-order valence-corrected chi connectivity index (χ3v) is 2.23. The molecule has 0 aliphatic rings. The predicted molar refractivity (Wildman–Crippen MR) is 63.1 cm³/mol. The van der Waals surface area contributed by atoms with Gasteiger partial charge in [0.2, 0.25) is 0 Å². The number of carbonyl (C=O) groups is 1. The highest BCUT2D eigenvalue weighted by Gasteiger charge is 2.30. The van der Waals surface area contributed by atoms with E-state index >= 15 is 0 Å². The molecule has 0 aliphatic heterocycles. The van der Waals surface area contributed by atoms with Gasteiger partial charge in [-0.15, -0.1) is 13.2 Å². The second-order valence-electron chi connectivity index (χ2n) is 3.85. The molecule has 0 saturated heterocycles. The lowest BCUT2D eigenvalue weighted by molar-refractivity contribution is -0.274. The smallest absolute Gasteiger partial charge is 0.481 e. The Morgan fingerprint density at radius 2 is 1.84 bits per heavy atom. The van der Waals surface area contributed by atoms with Crippen molar-refractivity contribution >= 4 is 11.7 Å². The van der Waals surface area contributed by atoms with Gasteiger partial charge in [0.25, 0.3) is 0 Å². The number of unbranched alkanes of at least 4 members (excludes halogenated alkanes) is 1. The molecule has 0 spiro atoms. The van der Waals surface area contributed by atoms with Crippen LogP contribution in [0, 0.1) is 0 Å². The number of carboxylic acid groups (broad SMARTS) is 1. The van der Waals surface area contributed by atoms with E-state index < -0.39 is 12.3 Å². The summed E-state index contributed by atoms with van der Waals surface area (Å²) in [6.45, 7) is 0.562. The van der Waals surface area contributed by atoms with Crippen molar-refractivity contribution < 1.29 is 27.8 Å². The lowest BCUT2D eigenvalue weighted by Gasteiger charge is -2.10. The number of aliphatic carboxylic acids is 1. The summed E-state index contributed by atoms with van der Waals surface area (Å²) in [6, 6.07) is 5.37. The van der Waals surface area contributed by atoms with Gasteiger partial charge >= 0.3 is 12.3 Å². The van der Waals surface area contributed by atoms with E-state index in [2.05, 4.69) is 10.1 Å². The summed E-state index contributed by atoms with van der Waals surface area (Å²) in [5, 5.41) is 11.4. The number of nitrogens with one attached hydrogen (secondary N) is 1. The van der Waals surface area contributed by atoms with Crippen LogP contribution in [0.15, 0.2) is 24.3 Å². The van der Waals surface area contributed by atoms with E-state index in [4.69, 9.17) is 5.11 Å². The molecule has 0 unspecified atom stereocenters. The molecule has 0 radical (unpaired) electrons. The number of alkyl halides is 3. The molecule has 0 fully saturated rings. The Morgan fingerprint density at radius 3 is 2.37 bits per heavy atom. The average Bonchev–Trinajstić information content (AvgIpc) is 2.28. The fourth-order valence-electron chi connectivity index (χ4n) is 1.41. The number of halogens is 3. The van der Waals surface area contributed by atoms with Gasteiger partial charge < -0.3 is 15.2 Å². The molecule has 1 aromatic carbocycles. The van der Waals surface area contributed by atoms with Crippen molar-refractivity contribution in [1.29, 1.82) is 0 Å². The van der Waals surface area contributed by atoms with Gasteiger partial charge in [0, 0.05) is 18.7 Å². The zero-order chi connectivity index (χ0) is 14.3. The normalized spacial score (nSPS) is 11.1. The summed E-state index contributed by atoms with van der Waals surface area (Å²) < 4.78 is 39.5. The average molecular weight is 277 g/mol. The van der Waals surface area contributed by atoms with Crippen LogP contribution in [0.4, 0.5) is 18.9 Å². The van der Waals surface area contributed by atoms with Crippen molar-refractivity contribution in [1.82, 2.24) is 0 Å². The first-order valence-corrected chi connectivity index (χ1v) is 5.68. The monoisotopic (exact) mass is 277 g/mol. The van der Waals surface area contributed by atoms with Crippen molar-refractivity contribution in [2.24, 2.45) is 0 Å². The van der Waals surface area contributed by atoms with Crippen molar-refractivity contribution in [2.45, 2.75) is 25.6 Å². The second-order valence-corrected chi connectivity index (χ2v) is 3.85. The van der Waals surface area contributed by atoms with Crippen LogP contribution in [0.1, 0.15) is 19.3 Å². The fraction of sp³-hybridized carbons (Fsp3) is 0.417. The fourth-order valence-corrected chi connectivity index (χ4v) is 1.41. The SMILES string of the molecule is O=C(O)CCCCNc1ccc(OC(F)(F)F)cc1. The number of anilines is 1. The Balaban J connectivity index is 2.30. The summed E-state index contributed by atoms with van der Waals surface area (Å²) in [5.74, 6) is -1.11. The van der Waals surface area contributed by atoms with E-state index in [0.29, 0.717) is 25.1 Å². The number of hydrogen-bond donors (Lipinski definition) is 2. The number of rotatable bonds is 7. The van der Waals surface area contributed by atoms with Gasteiger partial charge in [-0.05, 0) is 37.1 Å². The molecule has 0 heterocycles. The number of benzene rings is 1. The number of hydrogen-bond acceptors (Lipinski definition) is 3. The number of ether oxygens (including phenoxy) is 1. The Morgan fingerprint density at radius 1 is 1.21 bits per heavy atom. The lowest BCUT2D eigenvalue weighted by atomic mass is 10.2. The van der Waals surface area contributed by atoms with Gasteiger partial charge in [0.1, 0.15) is 5.75 Å². The predicted octanol–water partition coefficient (Wildman–Crippen LogP) is 3.25. The maximum atomic E-state index is 11.9. The number of carboxylic acids is 1. The third-order valence-electron chi connectivity index (χ3n) is 2.23. The zero-order valence-corrected chi connectivity index (χ0v) is 10.0. The maximum Gasteiger partial charge on any atom is 0.573 e. The molecule has 0 bridgehead atoms. The minimum atomic E-state index is -4.69. The lowest BCUT2D eigenvalue weighted by Crippen LogP contribution is -2.17. The minimum absolute atomic E-state index is 0.111. The molecule has 2 N–H and O–H groups in total. The van der Waals surface area contributed by atoms with E-state index in [-0.39, 0.29) is 12.2 Å². The first-order valence-electron chi connectivity index (χ1n) is 5.68. The Bertz CT molecular complexity index is 404. The van der Waals surface area contributed by atoms with Crippen molar-refractivity contribution in [3.63, 3.8) is 0 Å². The van der Waals surface area contributed by atoms with Crippen LogP contribution in [0.3, 0.4) is 0 Å². The summed E-state index contributed by atoms with van der Waals surface area (Å²) >= 11 is 0. The third kappa shape index (κ3) is 7.17. The van der Waals surface area contributed by atoms with Crippen LogP contribution in [0.25, 0.3) is 0 Å². The highest BCUT2D eigenvalue weighted by Crippen LogP contribution is 2.23. The highest BCUT2D eigenvalue weighted by molar-refractivity contribution is 5.66. The molecular formula is C12H14F3NO3. The van der Waals surface area contributed by atoms with E-state index in [9.17, 15) is 18.0 Å². The zero-order valence-electron chi connectivity index (χ0n) is 10.0. The Kier molecular flexibility index (Phi) is 5.47. The molecule has 4 nitrogen and oxygen atoms in total. The van der Waals surface area contributed by atoms with Gasteiger partial charge in [-0.3, -0.25) is 4.79 Å². The maximum absolute atomic E-state index is 11.9. The van der Waals surface area contributed by atoms with Gasteiger partial charge in [0.15, 0.2) is 0 Å². The molecule has 0 atom stereocenters. The van der Waals surface area contributed by atoms with Gasteiger partial charge in [-0.25, -0.2) is 0 Å². The largest absolute Gasteiger partial charge is 0.573 e. The molecule has 1 aromatic rings. The van der Waals surface area contributed by atoms with E-state index in [1.165, 1.54) is 24.3 Å². The van der Waals surface area contributed by atoms with Crippen LogP contribution in [0.5, 0.6) is 5.75 Å². The molecule has 0 aliphatic carbocycles. The molecule has 0 aromatic heterocycles. The Hall–Kier alpha value is -1.92. The van der Waals surface area contributed by atoms with Crippen LogP contribution >= 0.6 is 0 Å². The molecular weight excluding hydrogens is 263 g/mol. The molecule has 0 amide bonds. The second kappa shape index (κ2) is 6.86. The van der Waals surface area contributed by atoms with Crippen LogP contribution < -0.4 is 10.1 Å². The van der Waals surface area contributed by atoms with Crippen molar-refractivity contribution in [3.8, 4) is 5.75 Å². The van der Waals surface area contributed by atoms with Gasteiger partial charge in [-0.2, -0.15) is 0 Å². The topological polar surface area (TPSA) is 58.6 Å². The first-order chi connectivity index (χ1) is 8.87. The van der Waals surface area contributed by atoms with E-state index in [1.807, 2.05) is 0 Å². The first kappa shape index (κ1) is 15.1. The van der Waals surface area contributed by atoms with E-state index in [0.717, 1.165) is 0 Å². The van der Waals surface area contributed by atoms with Crippen LogP contribution in [0.2, 0.25) is 0 Å². The molecule has 7 heteroatoms. The highest BCUT2D eigenvalue weighted by atomic mass is 19.4. The Labute approximate surface area is 108 Å². The quantitative estimate of drug-likeness (QED) is 0.751. The summed E-state index contributed by atoms with van der Waals surface area (Å²) in [4.78, 5) is 10.3. The van der Waals surface area contributed by atoms with Gasteiger partial charge in [0.05, 0.1) is 0 Å². The summed E-state index contributed by atoms with van der Waals surface area (Å²) in [5.41, 5.74) is 0.657. The van der Waals surface area contributed by atoms with E-state index in [1.54, 1.807) is 0 Å². The minimum Gasteiger partial charge on any atom is -0.481 e. The standard InChI is InChI=1S/C12H14F3NO3/c13-12(14,15)19-10-6-4-9(5-7-10)16-8-2-1-3-11(17)18/h4-7,16H,1-3,8H2,(H,17,18). The van der Waals surface area contributed by atoms with Crippen molar-refractivity contribution in [3.05, 3.63) is 24.3 Å². The van der Waals surface area contributed by atoms with Crippen LogP contribution in [-0.4, -0.2) is 24.0 Å². The van der Waals surface area contributed by atoms with Crippen molar-refractivity contribution in [2.75, 3.05) is 11.9 Å². The molecule has 19 heavy (non-hydrogen) atoms. The molecule has 0 saturated carbocycles. The van der Waals surface area contributed by atoms with Gasteiger partial charge in [-0.1, -0.05) is 0 Å². The summed E-state index contributed by atoms with van der Waals surface area (Å²) in [7, 11) is 0.